The van der Waals surface area contributed by atoms with Crippen molar-refractivity contribution in [3.63, 3.8) is 0 Å². The summed E-state index contributed by atoms with van der Waals surface area (Å²) in [4.78, 5) is 17.8. The van der Waals surface area contributed by atoms with Crippen molar-refractivity contribution < 1.29 is 9.90 Å². The highest BCUT2D eigenvalue weighted by Gasteiger charge is 2.14. The van der Waals surface area contributed by atoms with Crippen LogP contribution in [0.4, 0.5) is 0 Å². The van der Waals surface area contributed by atoms with Gasteiger partial charge in [-0.1, -0.05) is 6.92 Å². The second-order valence-electron chi connectivity index (χ2n) is 3.76. The molecule has 0 aliphatic heterocycles. The Balaban J connectivity index is 2.84. The number of nitrogens with two attached hydrogens (primary N) is 1. The van der Waals surface area contributed by atoms with Gasteiger partial charge in [0.25, 0.3) is 5.91 Å². The van der Waals surface area contributed by atoms with E-state index < -0.39 is 0 Å². The van der Waals surface area contributed by atoms with E-state index in [2.05, 4.69) is 4.98 Å². The number of aliphatic hydroxyl groups excluding tert-OH is 1. The van der Waals surface area contributed by atoms with Crippen LogP contribution in [0.3, 0.4) is 0 Å². The zero-order valence-corrected chi connectivity index (χ0v) is 10.1. The van der Waals surface area contributed by atoms with E-state index in [0.29, 0.717) is 30.9 Å². The maximum Gasteiger partial charge on any atom is 0.254 e. The van der Waals surface area contributed by atoms with Crippen molar-refractivity contribution >= 4 is 5.91 Å². The molecule has 0 atom stereocenters. The van der Waals surface area contributed by atoms with Crippen LogP contribution >= 0.6 is 0 Å². The minimum atomic E-state index is -0.0852. The predicted octanol–water partition coefficient (Wildman–Crippen LogP) is 0.385. The molecule has 1 heterocycles. The van der Waals surface area contributed by atoms with Crippen LogP contribution in [0.2, 0.25) is 0 Å². The average molecular weight is 237 g/mol. The number of pyridine rings is 1. The van der Waals surface area contributed by atoms with Gasteiger partial charge in [-0.2, -0.15) is 0 Å². The summed E-state index contributed by atoms with van der Waals surface area (Å²) < 4.78 is 0. The molecule has 17 heavy (non-hydrogen) atoms. The van der Waals surface area contributed by atoms with Gasteiger partial charge in [0, 0.05) is 31.4 Å². The predicted molar refractivity (Wildman–Crippen MR) is 65.4 cm³/mol. The molecule has 0 spiro atoms. The fourth-order valence-electron chi connectivity index (χ4n) is 1.61. The SMILES string of the molecule is CCCN(CCO)C(=O)c1ccnc(CN)c1. The van der Waals surface area contributed by atoms with Crippen LogP contribution < -0.4 is 5.73 Å². The summed E-state index contributed by atoms with van der Waals surface area (Å²) in [5.74, 6) is -0.0852. The van der Waals surface area contributed by atoms with Crippen molar-refractivity contribution in [1.82, 2.24) is 9.88 Å². The Hall–Kier alpha value is -1.46. The molecule has 0 aromatic carbocycles. The number of carbonyl (C=O) groups is 1. The van der Waals surface area contributed by atoms with E-state index in [9.17, 15) is 4.79 Å². The standard InChI is InChI=1S/C12H19N3O2/c1-2-5-15(6-7-16)12(17)10-3-4-14-11(8-10)9-13/h3-4,8,16H,2,5-7,9,13H2,1H3. The monoisotopic (exact) mass is 237 g/mol. The van der Waals surface area contributed by atoms with Crippen molar-refractivity contribution in [2.45, 2.75) is 19.9 Å². The number of nitrogens with zero attached hydrogens (tertiary/aromatic N) is 2. The van der Waals surface area contributed by atoms with E-state index in [4.69, 9.17) is 10.8 Å². The van der Waals surface area contributed by atoms with Crippen molar-refractivity contribution in [2.24, 2.45) is 5.73 Å². The summed E-state index contributed by atoms with van der Waals surface area (Å²) in [5, 5.41) is 8.93. The van der Waals surface area contributed by atoms with Gasteiger partial charge in [0.15, 0.2) is 0 Å². The van der Waals surface area contributed by atoms with E-state index in [0.717, 1.165) is 6.42 Å². The molecule has 5 heteroatoms. The average Bonchev–Trinajstić information content (AvgIpc) is 2.38. The Morgan fingerprint density at radius 1 is 1.53 bits per heavy atom. The number of carbonyl (C=O) groups excluding carboxylic acids is 1. The molecule has 0 saturated heterocycles. The topological polar surface area (TPSA) is 79.5 Å². The molecule has 94 valence electrons. The van der Waals surface area contributed by atoms with Gasteiger partial charge in [0.2, 0.25) is 0 Å². The van der Waals surface area contributed by atoms with Crippen molar-refractivity contribution in [1.29, 1.82) is 0 Å². The molecule has 0 fully saturated rings. The molecule has 3 N–H and O–H groups in total. The molecule has 0 saturated carbocycles. The van der Waals surface area contributed by atoms with Gasteiger partial charge in [-0.15, -0.1) is 0 Å². The lowest BCUT2D eigenvalue weighted by atomic mass is 10.2. The van der Waals surface area contributed by atoms with E-state index >= 15 is 0 Å². The highest BCUT2D eigenvalue weighted by atomic mass is 16.3. The lowest BCUT2D eigenvalue weighted by Crippen LogP contribution is -2.34. The second kappa shape index (κ2) is 6.98. The summed E-state index contributed by atoms with van der Waals surface area (Å²) >= 11 is 0. The maximum atomic E-state index is 12.1. The summed E-state index contributed by atoms with van der Waals surface area (Å²) in [5.41, 5.74) is 6.75. The first kappa shape index (κ1) is 13.6. The summed E-state index contributed by atoms with van der Waals surface area (Å²) in [6, 6.07) is 3.36. The van der Waals surface area contributed by atoms with Crippen LogP contribution in [0.15, 0.2) is 18.3 Å². The summed E-state index contributed by atoms with van der Waals surface area (Å²) in [7, 11) is 0. The first-order chi connectivity index (χ1) is 8.22. The molecular formula is C12H19N3O2. The molecule has 0 bridgehead atoms. The number of aliphatic hydroxyl groups is 1. The van der Waals surface area contributed by atoms with Crippen LogP contribution in [0, 0.1) is 0 Å². The lowest BCUT2D eigenvalue weighted by molar-refractivity contribution is 0.0721. The molecule has 0 radical (unpaired) electrons. The van der Waals surface area contributed by atoms with Gasteiger partial charge in [-0.05, 0) is 18.6 Å². The summed E-state index contributed by atoms with van der Waals surface area (Å²) in [6.45, 7) is 3.28. The quantitative estimate of drug-likeness (QED) is 0.750. The number of hydrogen-bond acceptors (Lipinski definition) is 4. The van der Waals surface area contributed by atoms with Crippen molar-refractivity contribution in [3.8, 4) is 0 Å². The number of hydrogen-bond donors (Lipinski definition) is 2. The number of rotatable bonds is 6. The smallest absolute Gasteiger partial charge is 0.254 e. The zero-order chi connectivity index (χ0) is 12.7. The number of amides is 1. The van der Waals surface area contributed by atoms with Gasteiger partial charge in [-0.25, -0.2) is 0 Å². The second-order valence-corrected chi connectivity index (χ2v) is 3.76. The Morgan fingerprint density at radius 2 is 2.29 bits per heavy atom. The Labute approximate surface area is 101 Å². The van der Waals surface area contributed by atoms with Crippen LogP contribution in [0.1, 0.15) is 29.4 Å². The molecule has 1 aromatic heterocycles. The van der Waals surface area contributed by atoms with E-state index in [-0.39, 0.29) is 12.5 Å². The molecule has 0 aliphatic rings. The fraction of sp³-hybridized carbons (Fsp3) is 0.500. The van der Waals surface area contributed by atoms with E-state index in [1.807, 2.05) is 6.92 Å². The van der Waals surface area contributed by atoms with Gasteiger partial charge < -0.3 is 15.7 Å². The van der Waals surface area contributed by atoms with Gasteiger partial charge in [0.1, 0.15) is 0 Å². The molecule has 5 nitrogen and oxygen atoms in total. The normalized spacial score (nSPS) is 10.3. The first-order valence-corrected chi connectivity index (χ1v) is 5.78. The molecule has 1 aromatic rings. The minimum Gasteiger partial charge on any atom is -0.395 e. The van der Waals surface area contributed by atoms with E-state index in [1.165, 1.54) is 0 Å². The molecule has 0 aliphatic carbocycles. The van der Waals surface area contributed by atoms with Gasteiger partial charge in [-0.3, -0.25) is 9.78 Å². The molecule has 1 amide bonds. The molecular weight excluding hydrogens is 218 g/mol. The Kier molecular flexibility index (Phi) is 5.59. The molecule has 1 rings (SSSR count). The van der Waals surface area contributed by atoms with Crippen LogP contribution in [0.5, 0.6) is 0 Å². The van der Waals surface area contributed by atoms with Crippen LogP contribution in [-0.4, -0.2) is 40.6 Å². The largest absolute Gasteiger partial charge is 0.395 e. The highest BCUT2D eigenvalue weighted by molar-refractivity contribution is 5.94. The van der Waals surface area contributed by atoms with Crippen LogP contribution in [0.25, 0.3) is 0 Å². The van der Waals surface area contributed by atoms with Crippen molar-refractivity contribution in [3.05, 3.63) is 29.6 Å². The van der Waals surface area contributed by atoms with Gasteiger partial charge >= 0.3 is 0 Å². The minimum absolute atomic E-state index is 0.0272. The fourth-order valence-corrected chi connectivity index (χ4v) is 1.61. The van der Waals surface area contributed by atoms with Crippen LogP contribution in [-0.2, 0) is 6.54 Å². The van der Waals surface area contributed by atoms with Gasteiger partial charge in [0.05, 0.1) is 12.3 Å². The first-order valence-electron chi connectivity index (χ1n) is 5.78. The summed E-state index contributed by atoms with van der Waals surface area (Å²) in [6.07, 6.45) is 2.44. The third-order valence-electron chi connectivity index (χ3n) is 2.42. The van der Waals surface area contributed by atoms with Crippen molar-refractivity contribution in [2.75, 3.05) is 19.7 Å². The van der Waals surface area contributed by atoms with E-state index in [1.54, 1.807) is 23.2 Å². The molecule has 0 unspecified atom stereocenters. The number of aromatic nitrogens is 1. The zero-order valence-electron chi connectivity index (χ0n) is 10.1. The third kappa shape index (κ3) is 3.80. The third-order valence-corrected chi connectivity index (χ3v) is 2.42. The lowest BCUT2D eigenvalue weighted by Gasteiger charge is -2.21. The maximum absolute atomic E-state index is 12.1. The highest BCUT2D eigenvalue weighted by Crippen LogP contribution is 2.06. The Bertz CT molecular complexity index is 363. The Morgan fingerprint density at radius 3 is 2.88 bits per heavy atom.